The second kappa shape index (κ2) is 5.49. The van der Waals surface area contributed by atoms with Gasteiger partial charge in [0, 0.05) is 6.54 Å². The lowest BCUT2D eigenvalue weighted by molar-refractivity contribution is 0.308. The first-order valence-corrected chi connectivity index (χ1v) is 6.66. The standard InChI is InChI=1S/C15H23N/c1-3-16(4-2)11-10-13-8-9-14-6-5-7-15(14)12-13/h8-9,12H,3-7,10-11H2,1-2H3. The molecule has 0 radical (unpaired) electrons. The maximum absolute atomic E-state index is 2.49. The Morgan fingerprint density at radius 3 is 2.56 bits per heavy atom. The van der Waals surface area contributed by atoms with Crippen LogP contribution in [0.3, 0.4) is 0 Å². The third-order valence-electron chi connectivity index (χ3n) is 3.77. The highest BCUT2D eigenvalue weighted by atomic mass is 15.1. The Hall–Kier alpha value is -0.820. The maximum Gasteiger partial charge on any atom is 0.00216 e. The molecule has 2 rings (SSSR count). The summed E-state index contributed by atoms with van der Waals surface area (Å²) in [5, 5.41) is 0. The molecule has 0 aromatic heterocycles. The van der Waals surface area contributed by atoms with Gasteiger partial charge in [0.1, 0.15) is 0 Å². The molecule has 1 aromatic rings. The Labute approximate surface area is 99.5 Å². The van der Waals surface area contributed by atoms with Gasteiger partial charge in [0.05, 0.1) is 0 Å². The van der Waals surface area contributed by atoms with Gasteiger partial charge in [0.15, 0.2) is 0 Å². The van der Waals surface area contributed by atoms with E-state index in [-0.39, 0.29) is 0 Å². The van der Waals surface area contributed by atoms with E-state index in [1.807, 2.05) is 0 Å². The maximum atomic E-state index is 2.49. The summed E-state index contributed by atoms with van der Waals surface area (Å²) in [5.41, 5.74) is 4.72. The smallest absolute Gasteiger partial charge is 0.00216 e. The SMILES string of the molecule is CCN(CC)CCc1ccc2c(c1)CCC2. The molecule has 0 spiro atoms. The molecule has 0 bridgehead atoms. The number of likely N-dealkylation sites (N-methyl/N-ethyl adjacent to an activating group) is 1. The van der Waals surface area contributed by atoms with E-state index in [1.54, 1.807) is 11.1 Å². The van der Waals surface area contributed by atoms with Crippen molar-refractivity contribution in [2.45, 2.75) is 39.5 Å². The van der Waals surface area contributed by atoms with E-state index in [9.17, 15) is 0 Å². The lowest BCUT2D eigenvalue weighted by Crippen LogP contribution is -2.25. The van der Waals surface area contributed by atoms with Gasteiger partial charge >= 0.3 is 0 Å². The third-order valence-corrected chi connectivity index (χ3v) is 3.77. The van der Waals surface area contributed by atoms with Crippen molar-refractivity contribution in [3.63, 3.8) is 0 Å². The summed E-state index contributed by atoms with van der Waals surface area (Å²) < 4.78 is 0. The van der Waals surface area contributed by atoms with Crippen LogP contribution in [-0.2, 0) is 19.3 Å². The Bertz CT molecular complexity index is 339. The number of rotatable bonds is 5. The largest absolute Gasteiger partial charge is 0.304 e. The van der Waals surface area contributed by atoms with Crippen LogP contribution < -0.4 is 0 Å². The molecule has 0 atom stereocenters. The lowest BCUT2D eigenvalue weighted by Gasteiger charge is -2.17. The van der Waals surface area contributed by atoms with Gasteiger partial charge in [-0.15, -0.1) is 0 Å². The predicted octanol–water partition coefficient (Wildman–Crippen LogP) is 3.06. The molecule has 1 nitrogen and oxygen atoms in total. The second-order valence-corrected chi connectivity index (χ2v) is 4.73. The van der Waals surface area contributed by atoms with Crippen molar-refractivity contribution in [2.24, 2.45) is 0 Å². The fraction of sp³-hybridized carbons (Fsp3) is 0.600. The van der Waals surface area contributed by atoms with Crippen molar-refractivity contribution in [3.8, 4) is 0 Å². The van der Waals surface area contributed by atoms with Crippen molar-refractivity contribution in [1.82, 2.24) is 4.90 Å². The van der Waals surface area contributed by atoms with Gasteiger partial charge in [-0.25, -0.2) is 0 Å². The zero-order valence-corrected chi connectivity index (χ0v) is 10.6. The summed E-state index contributed by atoms with van der Waals surface area (Å²) in [4.78, 5) is 2.49. The Morgan fingerprint density at radius 1 is 1.06 bits per heavy atom. The van der Waals surface area contributed by atoms with Crippen LogP contribution >= 0.6 is 0 Å². The topological polar surface area (TPSA) is 3.24 Å². The molecule has 88 valence electrons. The Morgan fingerprint density at radius 2 is 1.81 bits per heavy atom. The molecule has 0 amide bonds. The minimum absolute atomic E-state index is 1.17. The third kappa shape index (κ3) is 2.65. The number of benzene rings is 1. The molecule has 0 heterocycles. The van der Waals surface area contributed by atoms with Gasteiger partial charge in [-0.05, 0) is 55.5 Å². The van der Waals surface area contributed by atoms with Crippen LogP contribution in [-0.4, -0.2) is 24.5 Å². The van der Waals surface area contributed by atoms with E-state index in [1.165, 1.54) is 50.9 Å². The quantitative estimate of drug-likeness (QED) is 0.732. The van der Waals surface area contributed by atoms with E-state index in [2.05, 4.69) is 36.9 Å². The molecule has 1 aliphatic carbocycles. The minimum Gasteiger partial charge on any atom is -0.304 e. The zero-order valence-electron chi connectivity index (χ0n) is 10.6. The molecular weight excluding hydrogens is 194 g/mol. The highest BCUT2D eigenvalue weighted by Gasteiger charge is 2.10. The summed E-state index contributed by atoms with van der Waals surface area (Å²) in [7, 11) is 0. The normalized spacial score (nSPS) is 14.4. The number of nitrogens with zero attached hydrogens (tertiary/aromatic N) is 1. The number of hydrogen-bond donors (Lipinski definition) is 0. The van der Waals surface area contributed by atoms with Crippen LogP contribution in [0.2, 0.25) is 0 Å². The first-order valence-electron chi connectivity index (χ1n) is 6.66. The lowest BCUT2D eigenvalue weighted by atomic mass is 10.0. The molecule has 1 heteroatoms. The van der Waals surface area contributed by atoms with Crippen molar-refractivity contribution in [2.75, 3.05) is 19.6 Å². The number of hydrogen-bond acceptors (Lipinski definition) is 1. The van der Waals surface area contributed by atoms with Gasteiger partial charge in [-0.2, -0.15) is 0 Å². The molecule has 0 fully saturated rings. The number of fused-ring (bicyclic) bond motifs is 1. The van der Waals surface area contributed by atoms with Crippen molar-refractivity contribution < 1.29 is 0 Å². The molecule has 0 unspecified atom stereocenters. The monoisotopic (exact) mass is 217 g/mol. The number of aryl methyl sites for hydroxylation is 2. The van der Waals surface area contributed by atoms with Crippen LogP contribution in [0, 0.1) is 0 Å². The van der Waals surface area contributed by atoms with E-state index in [4.69, 9.17) is 0 Å². The molecular formula is C15H23N. The molecule has 0 N–H and O–H groups in total. The first kappa shape index (κ1) is 11.7. The highest BCUT2D eigenvalue weighted by Crippen LogP contribution is 2.22. The summed E-state index contributed by atoms with van der Waals surface area (Å²) in [6, 6.07) is 7.11. The van der Waals surface area contributed by atoms with Gasteiger partial charge in [-0.3, -0.25) is 0 Å². The van der Waals surface area contributed by atoms with Crippen LogP contribution in [0.25, 0.3) is 0 Å². The Kier molecular flexibility index (Phi) is 4.00. The molecule has 1 aromatic carbocycles. The molecule has 0 saturated carbocycles. The average molecular weight is 217 g/mol. The molecule has 0 saturated heterocycles. The molecule has 1 aliphatic rings. The summed E-state index contributed by atoms with van der Waals surface area (Å²) in [6.45, 7) is 8.02. The summed E-state index contributed by atoms with van der Waals surface area (Å²) >= 11 is 0. The fourth-order valence-electron chi connectivity index (χ4n) is 2.61. The van der Waals surface area contributed by atoms with E-state index in [0.717, 1.165) is 0 Å². The van der Waals surface area contributed by atoms with Gasteiger partial charge in [-0.1, -0.05) is 32.0 Å². The zero-order chi connectivity index (χ0) is 11.4. The van der Waals surface area contributed by atoms with Gasteiger partial charge in [0.25, 0.3) is 0 Å². The first-order chi connectivity index (χ1) is 7.83. The van der Waals surface area contributed by atoms with Crippen LogP contribution in [0.4, 0.5) is 0 Å². The van der Waals surface area contributed by atoms with E-state index >= 15 is 0 Å². The summed E-state index contributed by atoms with van der Waals surface area (Å²) in [5.74, 6) is 0. The van der Waals surface area contributed by atoms with Crippen LogP contribution in [0.15, 0.2) is 18.2 Å². The molecule has 16 heavy (non-hydrogen) atoms. The van der Waals surface area contributed by atoms with Crippen LogP contribution in [0.5, 0.6) is 0 Å². The molecule has 0 aliphatic heterocycles. The van der Waals surface area contributed by atoms with Gasteiger partial charge in [0.2, 0.25) is 0 Å². The van der Waals surface area contributed by atoms with Crippen molar-refractivity contribution in [3.05, 3.63) is 34.9 Å². The van der Waals surface area contributed by atoms with Crippen molar-refractivity contribution in [1.29, 1.82) is 0 Å². The van der Waals surface area contributed by atoms with E-state index < -0.39 is 0 Å². The van der Waals surface area contributed by atoms with E-state index in [0.29, 0.717) is 0 Å². The average Bonchev–Trinajstić information content (AvgIpc) is 2.77. The second-order valence-electron chi connectivity index (χ2n) is 4.73. The Balaban J connectivity index is 1.95. The fourth-order valence-corrected chi connectivity index (χ4v) is 2.61. The van der Waals surface area contributed by atoms with Crippen molar-refractivity contribution >= 4 is 0 Å². The van der Waals surface area contributed by atoms with Gasteiger partial charge < -0.3 is 4.90 Å². The van der Waals surface area contributed by atoms with Crippen LogP contribution in [0.1, 0.15) is 37.0 Å². The summed E-state index contributed by atoms with van der Waals surface area (Å²) in [6.07, 6.45) is 5.16. The predicted molar refractivity (Wildman–Crippen MR) is 70.0 cm³/mol. The highest BCUT2D eigenvalue weighted by molar-refractivity contribution is 5.35. The minimum atomic E-state index is 1.17.